The van der Waals surface area contributed by atoms with E-state index in [-0.39, 0.29) is 18.3 Å². The van der Waals surface area contributed by atoms with Crippen molar-refractivity contribution in [3.05, 3.63) is 83.2 Å². The van der Waals surface area contributed by atoms with Gasteiger partial charge in [0.25, 0.3) is 5.91 Å². The molecule has 0 saturated carbocycles. The monoisotopic (exact) mass is 367 g/mol. The van der Waals surface area contributed by atoms with Crippen LogP contribution in [0.5, 0.6) is 5.75 Å². The Morgan fingerprint density at radius 1 is 1.26 bits per heavy atom. The lowest BCUT2D eigenvalue weighted by atomic mass is 10.1. The van der Waals surface area contributed by atoms with Crippen LogP contribution in [0, 0.1) is 19.7 Å². The normalized spacial score (nSPS) is 11.9. The zero-order valence-electron chi connectivity index (χ0n) is 15.6. The highest BCUT2D eigenvalue weighted by Gasteiger charge is 2.21. The van der Waals surface area contributed by atoms with Gasteiger partial charge in [0.15, 0.2) is 6.61 Å². The van der Waals surface area contributed by atoms with Crippen LogP contribution in [0.2, 0.25) is 0 Å². The lowest BCUT2D eigenvalue weighted by molar-refractivity contribution is -0.123. The molecule has 3 rings (SSSR count). The Balaban J connectivity index is 1.76. The van der Waals surface area contributed by atoms with Gasteiger partial charge in [-0.15, -0.1) is 0 Å². The number of hydrogen-bond donors (Lipinski definition) is 1. The summed E-state index contributed by atoms with van der Waals surface area (Å²) in [6, 6.07) is 11.3. The molecule has 0 fully saturated rings. The average Bonchev–Trinajstić information content (AvgIpc) is 3.04. The molecule has 0 radical (unpaired) electrons. The number of ether oxygens (including phenoxy) is 1. The molecule has 0 aliphatic carbocycles. The molecular weight excluding hydrogens is 345 g/mol. The van der Waals surface area contributed by atoms with Gasteiger partial charge in [-0.05, 0) is 43.2 Å². The fraction of sp³-hybridized carbons (Fsp3) is 0.238. The highest BCUT2D eigenvalue weighted by atomic mass is 19.1. The summed E-state index contributed by atoms with van der Waals surface area (Å²) in [6.45, 7) is 3.80. The van der Waals surface area contributed by atoms with Crippen LogP contribution in [0.25, 0.3) is 0 Å². The van der Waals surface area contributed by atoms with E-state index in [1.54, 1.807) is 29.1 Å². The van der Waals surface area contributed by atoms with Crippen molar-refractivity contribution in [2.24, 2.45) is 7.05 Å². The predicted molar refractivity (Wildman–Crippen MR) is 101 cm³/mol. The second kappa shape index (κ2) is 8.03. The molecule has 0 saturated heterocycles. The Hall–Kier alpha value is -3.15. The van der Waals surface area contributed by atoms with Crippen molar-refractivity contribution in [3.63, 3.8) is 0 Å². The number of nitrogens with zero attached hydrogens (tertiary/aromatic N) is 2. The number of amides is 1. The summed E-state index contributed by atoms with van der Waals surface area (Å²) >= 11 is 0. The first-order chi connectivity index (χ1) is 12.9. The van der Waals surface area contributed by atoms with Crippen molar-refractivity contribution >= 4 is 5.91 Å². The van der Waals surface area contributed by atoms with Gasteiger partial charge in [-0.1, -0.05) is 29.8 Å². The molecule has 1 atom stereocenters. The lowest BCUT2D eigenvalue weighted by Gasteiger charge is -2.19. The molecule has 0 bridgehead atoms. The Morgan fingerprint density at radius 3 is 2.74 bits per heavy atom. The van der Waals surface area contributed by atoms with Crippen LogP contribution in [0.15, 0.2) is 54.9 Å². The van der Waals surface area contributed by atoms with Gasteiger partial charge in [0.05, 0.1) is 0 Å². The largest absolute Gasteiger partial charge is 0.484 e. The van der Waals surface area contributed by atoms with Gasteiger partial charge in [-0.3, -0.25) is 4.79 Å². The third kappa shape index (κ3) is 4.53. The SMILES string of the molecule is Cc1ccc(OCC(=O)N[C@@H](c2cccc(F)c2)c2nccn2C)c(C)c1. The Labute approximate surface area is 157 Å². The Bertz CT molecular complexity index is 952. The number of imidazole rings is 1. The summed E-state index contributed by atoms with van der Waals surface area (Å²) in [5.41, 5.74) is 2.71. The first-order valence-corrected chi connectivity index (χ1v) is 8.66. The minimum Gasteiger partial charge on any atom is -0.484 e. The zero-order chi connectivity index (χ0) is 19.4. The maximum Gasteiger partial charge on any atom is 0.258 e. The summed E-state index contributed by atoms with van der Waals surface area (Å²) in [4.78, 5) is 16.8. The molecule has 3 aromatic rings. The summed E-state index contributed by atoms with van der Waals surface area (Å²) in [6.07, 6.45) is 3.42. The van der Waals surface area contributed by atoms with Crippen molar-refractivity contribution in [3.8, 4) is 5.75 Å². The molecule has 2 aromatic carbocycles. The summed E-state index contributed by atoms with van der Waals surface area (Å²) < 4.78 is 21.1. The first-order valence-electron chi connectivity index (χ1n) is 8.66. The number of halogens is 1. The molecule has 1 amide bonds. The van der Waals surface area contributed by atoms with E-state index in [9.17, 15) is 9.18 Å². The molecule has 5 nitrogen and oxygen atoms in total. The predicted octanol–water partition coefficient (Wildman–Crippen LogP) is 3.46. The fourth-order valence-corrected chi connectivity index (χ4v) is 2.95. The average molecular weight is 367 g/mol. The van der Waals surface area contributed by atoms with Crippen LogP contribution in [0.4, 0.5) is 4.39 Å². The van der Waals surface area contributed by atoms with Crippen LogP contribution in [-0.2, 0) is 11.8 Å². The highest BCUT2D eigenvalue weighted by molar-refractivity contribution is 5.78. The summed E-state index contributed by atoms with van der Waals surface area (Å²) in [5.74, 6) is 0.593. The van der Waals surface area contributed by atoms with E-state index in [0.717, 1.165) is 11.1 Å². The van der Waals surface area contributed by atoms with Crippen LogP contribution < -0.4 is 10.1 Å². The quantitative estimate of drug-likeness (QED) is 0.726. The maximum absolute atomic E-state index is 13.7. The molecule has 0 spiro atoms. The first kappa shape index (κ1) is 18.6. The van der Waals surface area contributed by atoms with Crippen LogP contribution in [0.1, 0.15) is 28.6 Å². The van der Waals surface area contributed by atoms with Crippen molar-refractivity contribution in [2.75, 3.05) is 6.61 Å². The van der Waals surface area contributed by atoms with Gasteiger partial charge in [0.1, 0.15) is 23.4 Å². The van der Waals surface area contributed by atoms with E-state index < -0.39 is 6.04 Å². The van der Waals surface area contributed by atoms with Crippen LogP contribution in [0.3, 0.4) is 0 Å². The molecule has 6 heteroatoms. The molecule has 1 heterocycles. The minimum atomic E-state index is -0.573. The van der Waals surface area contributed by atoms with Gasteiger partial charge in [0, 0.05) is 19.4 Å². The lowest BCUT2D eigenvalue weighted by Crippen LogP contribution is -2.34. The molecule has 0 aliphatic rings. The number of benzene rings is 2. The second-order valence-corrected chi connectivity index (χ2v) is 6.51. The molecule has 0 unspecified atom stereocenters. The standard InChI is InChI=1S/C21H22FN3O2/c1-14-7-8-18(15(2)11-14)27-13-19(26)24-20(21-23-9-10-25(21)3)16-5-4-6-17(22)12-16/h4-12,20H,13H2,1-3H3,(H,24,26)/t20-/m0/s1. The maximum atomic E-state index is 13.7. The zero-order valence-corrected chi connectivity index (χ0v) is 15.6. The molecule has 1 aromatic heterocycles. The van der Waals surface area contributed by atoms with Gasteiger partial charge in [-0.2, -0.15) is 0 Å². The van der Waals surface area contributed by atoms with Gasteiger partial charge in [0.2, 0.25) is 0 Å². The van der Waals surface area contributed by atoms with Crippen molar-refractivity contribution < 1.29 is 13.9 Å². The number of aromatic nitrogens is 2. The topological polar surface area (TPSA) is 56.1 Å². The molecule has 1 N–H and O–H groups in total. The number of hydrogen-bond acceptors (Lipinski definition) is 3. The van der Waals surface area contributed by atoms with E-state index in [2.05, 4.69) is 10.3 Å². The van der Waals surface area contributed by atoms with Crippen molar-refractivity contribution in [1.29, 1.82) is 0 Å². The summed E-state index contributed by atoms with van der Waals surface area (Å²) in [7, 11) is 1.83. The number of rotatable bonds is 6. The van der Waals surface area contributed by atoms with Crippen molar-refractivity contribution in [2.45, 2.75) is 19.9 Å². The van der Waals surface area contributed by atoms with Gasteiger partial charge in [-0.25, -0.2) is 9.37 Å². The Morgan fingerprint density at radius 2 is 2.07 bits per heavy atom. The second-order valence-electron chi connectivity index (χ2n) is 6.51. The van der Waals surface area contributed by atoms with Crippen LogP contribution >= 0.6 is 0 Å². The summed E-state index contributed by atoms with van der Waals surface area (Å²) in [5, 5.41) is 2.89. The fourth-order valence-electron chi connectivity index (χ4n) is 2.95. The van der Waals surface area contributed by atoms with Gasteiger partial charge < -0.3 is 14.6 Å². The van der Waals surface area contributed by atoms with Crippen LogP contribution in [-0.4, -0.2) is 22.1 Å². The molecule has 27 heavy (non-hydrogen) atoms. The van der Waals surface area contributed by atoms with Crippen molar-refractivity contribution in [1.82, 2.24) is 14.9 Å². The van der Waals surface area contributed by atoms with Gasteiger partial charge >= 0.3 is 0 Å². The molecule has 0 aliphatic heterocycles. The third-order valence-corrected chi connectivity index (χ3v) is 4.29. The molecule has 140 valence electrons. The minimum absolute atomic E-state index is 0.139. The Kier molecular flexibility index (Phi) is 5.54. The number of carbonyl (C=O) groups is 1. The van der Waals surface area contributed by atoms with E-state index in [0.29, 0.717) is 17.1 Å². The number of nitrogens with one attached hydrogen (secondary N) is 1. The van der Waals surface area contributed by atoms with E-state index in [1.807, 2.05) is 39.1 Å². The highest BCUT2D eigenvalue weighted by Crippen LogP contribution is 2.22. The van der Waals surface area contributed by atoms with E-state index in [4.69, 9.17) is 4.74 Å². The smallest absolute Gasteiger partial charge is 0.258 e. The number of carbonyl (C=O) groups excluding carboxylic acids is 1. The van der Waals surface area contributed by atoms with E-state index >= 15 is 0 Å². The molecular formula is C21H22FN3O2. The van der Waals surface area contributed by atoms with E-state index in [1.165, 1.54) is 12.1 Å². The number of aryl methyl sites for hydroxylation is 3. The third-order valence-electron chi connectivity index (χ3n) is 4.29.